The van der Waals surface area contributed by atoms with E-state index >= 15 is 0 Å². The van der Waals surface area contributed by atoms with Gasteiger partial charge in [0.1, 0.15) is 6.04 Å². The second kappa shape index (κ2) is 3.76. The molecule has 2 heterocycles. The molecule has 0 aromatic heterocycles. The number of amides is 2. The van der Waals surface area contributed by atoms with Crippen LogP contribution in [0.3, 0.4) is 0 Å². The Morgan fingerprint density at radius 1 is 1.24 bits per heavy atom. The van der Waals surface area contributed by atoms with Gasteiger partial charge in [0.2, 0.25) is 11.8 Å². The fourth-order valence-corrected chi connectivity index (χ4v) is 2.42. The van der Waals surface area contributed by atoms with Crippen LogP contribution in [0, 0.1) is 0 Å². The molecule has 88 valence electrons. The highest BCUT2D eigenvalue weighted by Crippen LogP contribution is 2.31. The predicted molar refractivity (Wildman–Crippen MR) is 63.8 cm³/mol. The number of benzene rings is 1. The highest BCUT2D eigenvalue weighted by Gasteiger charge is 2.36. The van der Waals surface area contributed by atoms with Gasteiger partial charge in [-0.25, -0.2) is 0 Å². The maximum atomic E-state index is 11.7. The normalized spacial score (nSPS) is 23.1. The number of carbonyl (C=O) groups is 2. The minimum absolute atomic E-state index is 0.184. The van der Waals surface area contributed by atoms with Crippen molar-refractivity contribution in [2.75, 3.05) is 23.3 Å². The van der Waals surface area contributed by atoms with E-state index in [2.05, 4.69) is 10.6 Å². The Morgan fingerprint density at radius 2 is 2.06 bits per heavy atom. The van der Waals surface area contributed by atoms with Crippen LogP contribution in [0.25, 0.3) is 0 Å². The number of fused-ring (bicyclic) bond motifs is 1. The molecular formula is C12H13N3O2. The first-order chi connectivity index (χ1) is 8.25. The second-order valence-corrected chi connectivity index (χ2v) is 4.27. The number of anilines is 2. The number of nitrogens with zero attached hydrogens (tertiary/aromatic N) is 1. The van der Waals surface area contributed by atoms with Gasteiger partial charge in [0.05, 0.1) is 17.8 Å². The lowest BCUT2D eigenvalue weighted by molar-refractivity contribution is -0.125. The number of para-hydroxylation sites is 2. The minimum Gasteiger partial charge on any atom is -0.382 e. The number of hydrogen-bond donors (Lipinski definition) is 2. The summed E-state index contributed by atoms with van der Waals surface area (Å²) in [6, 6.07) is 7.49. The van der Waals surface area contributed by atoms with E-state index in [4.69, 9.17) is 0 Å². The first kappa shape index (κ1) is 10.1. The van der Waals surface area contributed by atoms with E-state index in [0.717, 1.165) is 24.5 Å². The predicted octanol–water partition coefficient (Wildman–Crippen LogP) is 0.334. The molecule has 1 fully saturated rings. The van der Waals surface area contributed by atoms with E-state index in [1.807, 2.05) is 29.2 Å². The molecule has 0 bridgehead atoms. The summed E-state index contributed by atoms with van der Waals surface area (Å²) in [5.74, 6) is -0.372. The first-order valence-electron chi connectivity index (χ1n) is 5.69. The second-order valence-electron chi connectivity index (χ2n) is 4.27. The van der Waals surface area contributed by atoms with Crippen molar-refractivity contribution >= 4 is 23.2 Å². The van der Waals surface area contributed by atoms with E-state index in [1.54, 1.807) is 0 Å². The third-order valence-electron chi connectivity index (χ3n) is 3.20. The van der Waals surface area contributed by atoms with Gasteiger partial charge >= 0.3 is 0 Å². The molecule has 17 heavy (non-hydrogen) atoms. The lowest BCUT2D eigenvalue weighted by Crippen LogP contribution is -2.45. The molecule has 0 aliphatic carbocycles. The van der Waals surface area contributed by atoms with Crippen LogP contribution >= 0.6 is 0 Å². The third-order valence-corrected chi connectivity index (χ3v) is 3.20. The SMILES string of the molecule is O=C1CC(N2CCNc3ccccc32)C(=O)N1. The van der Waals surface area contributed by atoms with Crippen molar-refractivity contribution in [2.45, 2.75) is 12.5 Å². The van der Waals surface area contributed by atoms with Crippen LogP contribution in [0.2, 0.25) is 0 Å². The van der Waals surface area contributed by atoms with Gasteiger partial charge in [-0.1, -0.05) is 12.1 Å². The molecule has 1 saturated heterocycles. The number of rotatable bonds is 1. The highest BCUT2D eigenvalue weighted by molar-refractivity contribution is 6.07. The number of hydrogen-bond acceptors (Lipinski definition) is 4. The monoisotopic (exact) mass is 231 g/mol. The van der Waals surface area contributed by atoms with Gasteiger partial charge in [0, 0.05) is 13.1 Å². The highest BCUT2D eigenvalue weighted by atomic mass is 16.2. The molecule has 2 amide bonds. The molecule has 5 heteroatoms. The molecule has 2 aliphatic heterocycles. The van der Waals surface area contributed by atoms with E-state index in [0.29, 0.717) is 0 Å². The van der Waals surface area contributed by atoms with Gasteiger partial charge in [0.15, 0.2) is 0 Å². The summed E-state index contributed by atoms with van der Waals surface area (Å²) in [6.07, 6.45) is 0.257. The molecule has 5 nitrogen and oxygen atoms in total. The van der Waals surface area contributed by atoms with Crippen LogP contribution in [0.15, 0.2) is 24.3 Å². The first-order valence-corrected chi connectivity index (χ1v) is 5.69. The molecule has 0 radical (unpaired) electrons. The number of carbonyl (C=O) groups excluding carboxylic acids is 2. The summed E-state index contributed by atoms with van der Waals surface area (Å²) < 4.78 is 0. The lowest BCUT2D eigenvalue weighted by Gasteiger charge is -2.34. The molecule has 0 saturated carbocycles. The third kappa shape index (κ3) is 1.63. The Morgan fingerprint density at radius 3 is 2.82 bits per heavy atom. The summed E-state index contributed by atoms with van der Waals surface area (Å²) in [5.41, 5.74) is 2.01. The summed E-state index contributed by atoms with van der Waals surface area (Å²) in [5, 5.41) is 5.64. The van der Waals surface area contributed by atoms with Crippen molar-refractivity contribution in [1.29, 1.82) is 0 Å². The van der Waals surface area contributed by atoms with Crippen LogP contribution in [0.1, 0.15) is 6.42 Å². The fourth-order valence-electron chi connectivity index (χ4n) is 2.42. The van der Waals surface area contributed by atoms with Gasteiger partial charge in [-0.2, -0.15) is 0 Å². The van der Waals surface area contributed by atoms with Crippen molar-refractivity contribution < 1.29 is 9.59 Å². The zero-order chi connectivity index (χ0) is 11.8. The Labute approximate surface area is 98.8 Å². The molecule has 1 aromatic carbocycles. The van der Waals surface area contributed by atoms with Crippen molar-refractivity contribution in [3.8, 4) is 0 Å². The van der Waals surface area contributed by atoms with E-state index in [9.17, 15) is 9.59 Å². The van der Waals surface area contributed by atoms with Crippen LogP contribution in [-0.2, 0) is 9.59 Å². The standard InChI is InChI=1S/C12H13N3O2/c16-11-7-10(12(17)14-11)15-6-5-13-8-3-1-2-4-9(8)15/h1-4,10,13H,5-7H2,(H,14,16,17). The van der Waals surface area contributed by atoms with Crippen LogP contribution in [0.5, 0.6) is 0 Å². The fraction of sp³-hybridized carbons (Fsp3) is 0.333. The summed E-state index contributed by atoms with van der Waals surface area (Å²) in [6.45, 7) is 1.53. The quantitative estimate of drug-likeness (QED) is 0.684. The zero-order valence-corrected chi connectivity index (χ0v) is 9.27. The maximum absolute atomic E-state index is 11.7. The van der Waals surface area contributed by atoms with Gasteiger partial charge in [-0.05, 0) is 12.1 Å². The Kier molecular flexibility index (Phi) is 2.24. The van der Waals surface area contributed by atoms with Crippen molar-refractivity contribution in [2.24, 2.45) is 0 Å². The molecule has 0 spiro atoms. The van der Waals surface area contributed by atoms with E-state index < -0.39 is 0 Å². The van der Waals surface area contributed by atoms with Crippen LogP contribution in [-0.4, -0.2) is 30.9 Å². The smallest absolute Gasteiger partial charge is 0.249 e. The lowest BCUT2D eigenvalue weighted by atomic mass is 10.1. The van der Waals surface area contributed by atoms with Crippen LogP contribution in [0.4, 0.5) is 11.4 Å². The summed E-state index contributed by atoms with van der Waals surface area (Å²) in [7, 11) is 0. The van der Waals surface area contributed by atoms with Gasteiger partial charge in [-0.15, -0.1) is 0 Å². The van der Waals surface area contributed by atoms with Gasteiger partial charge < -0.3 is 10.2 Å². The van der Waals surface area contributed by atoms with Crippen LogP contribution < -0.4 is 15.5 Å². The van der Waals surface area contributed by atoms with Crippen molar-refractivity contribution in [1.82, 2.24) is 5.32 Å². The summed E-state index contributed by atoms with van der Waals surface area (Å²) in [4.78, 5) is 25.0. The van der Waals surface area contributed by atoms with Crippen molar-refractivity contribution in [3.63, 3.8) is 0 Å². The molecule has 1 aromatic rings. The average molecular weight is 231 g/mol. The molecule has 1 unspecified atom stereocenters. The molecule has 1 atom stereocenters. The Hall–Kier alpha value is -2.04. The molecule has 3 rings (SSSR count). The molecule has 2 aliphatic rings. The van der Waals surface area contributed by atoms with E-state index in [-0.39, 0.29) is 24.3 Å². The molecule has 2 N–H and O–H groups in total. The topological polar surface area (TPSA) is 61.4 Å². The van der Waals surface area contributed by atoms with Crippen molar-refractivity contribution in [3.05, 3.63) is 24.3 Å². The maximum Gasteiger partial charge on any atom is 0.249 e. The summed E-state index contributed by atoms with van der Waals surface area (Å²) >= 11 is 0. The molecular weight excluding hydrogens is 218 g/mol. The Balaban J connectivity index is 1.95. The number of imide groups is 1. The zero-order valence-electron chi connectivity index (χ0n) is 9.27. The minimum atomic E-state index is -0.356. The van der Waals surface area contributed by atoms with Gasteiger partial charge in [-0.3, -0.25) is 14.9 Å². The Bertz CT molecular complexity index is 486. The van der Waals surface area contributed by atoms with E-state index in [1.165, 1.54) is 0 Å². The largest absolute Gasteiger partial charge is 0.382 e. The average Bonchev–Trinajstić information content (AvgIpc) is 2.68. The number of nitrogens with one attached hydrogen (secondary N) is 2. The van der Waals surface area contributed by atoms with Gasteiger partial charge in [0.25, 0.3) is 0 Å².